The second kappa shape index (κ2) is 2.77. The van der Waals surface area contributed by atoms with Crippen molar-refractivity contribution in [3.63, 3.8) is 0 Å². The minimum absolute atomic E-state index is 0.586. The average molecular weight is 170 g/mol. The Bertz CT molecular complexity index is 259. The highest BCUT2D eigenvalue weighted by atomic mass is 32.2. The molecule has 0 aliphatic carbocycles. The van der Waals surface area contributed by atoms with Crippen molar-refractivity contribution in [3.8, 4) is 0 Å². The van der Waals surface area contributed by atoms with E-state index in [-0.39, 0.29) is 0 Å². The summed E-state index contributed by atoms with van der Waals surface area (Å²) in [5.41, 5.74) is 6.75. The predicted molar refractivity (Wildman–Crippen MR) is 45.6 cm³/mol. The number of nitrogens with zero attached hydrogens (tertiary/aromatic N) is 1. The molecule has 1 aromatic rings. The summed E-state index contributed by atoms with van der Waals surface area (Å²) in [4.78, 5) is 0. The lowest BCUT2D eigenvalue weighted by molar-refractivity contribution is 0.389. The second-order valence-corrected chi connectivity index (χ2v) is 3.81. The molecule has 0 radical (unpaired) electrons. The zero-order chi connectivity index (χ0) is 7.68. The second-order valence-electron chi connectivity index (χ2n) is 2.58. The number of hydrogen-bond donors (Lipinski definition) is 1. The molecule has 0 atom stereocenters. The number of hydrogen-bond acceptors (Lipinski definition) is 4. The van der Waals surface area contributed by atoms with E-state index in [1.165, 1.54) is 0 Å². The summed E-state index contributed by atoms with van der Waals surface area (Å²) in [6.45, 7) is 0. The molecule has 1 aromatic heterocycles. The quantitative estimate of drug-likeness (QED) is 0.633. The van der Waals surface area contributed by atoms with Gasteiger partial charge in [-0.25, -0.2) is 0 Å². The number of fused-ring (bicyclic) bond motifs is 1. The van der Waals surface area contributed by atoms with Gasteiger partial charge in [-0.05, 0) is 12.2 Å². The van der Waals surface area contributed by atoms with E-state index in [4.69, 9.17) is 10.3 Å². The standard InChI is InChI=1S/C7H10N2OS/c8-7-5-1-3-11-4-2-6(5)10-9-7/h1-4H2,(H2,8,9). The molecule has 0 bridgehead atoms. The zero-order valence-corrected chi connectivity index (χ0v) is 6.99. The topological polar surface area (TPSA) is 52.0 Å². The lowest BCUT2D eigenvalue weighted by atomic mass is 10.1. The number of thioether (sulfide) groups is 1. The van der Waals surface area contributed by atoms with Crippen molar-refractivity contribution in [2.75, 3.05) is 17.2 Å². The van der Waals surface area contributed by atoms with Crippen molar-refractivity contribution in [1.29, 1.82) is 0 Å². The summed E-state index contributed by atoms with van der Waals surface area (Å²) in [7, 11) is 0. The van der Waals surface area contributed by atoms with Crippen LogP contribution in [0.1, 0.15) is 11.3 Å². The monoisotopic (exact) mass is 170 g/mol. The summed E-state index contributed by atoms with van der Waals surface area (Å²) in [6.07, 6.45) is 1.99. The summed E-state index contributed by atoms with van der Waals surface area (Å²) in [5.74, 6) is 3.84. The van der Waals surface area contributed by atoms with Crippen molar-refractivity contribution in [1.82, 2.24) is 5.16 Å². The van der Waals surface area contributed by atoms with Gasteiger partial charge in [-0.15, -0.1) is 0 Å². The normalized spacial score (nSPS) is 17.5. The van der Waals surface area contributed by atoms with E-state index in [2.05, 4.69) is 5.16 Å². The van der Waals surface area contributed by atoms with Crippen LogP contribution in [0, 0.1) is 0 Å². The van der Waals surface area contributed by atoms with Crippen molar-refractivity contribution in [2.45, 2.75) is 12.8 Å². The third kappa shape index (κ3) is 1.22. The van der Waals surface area contributed by atoms with Gasteiger partial charge < -0.3 is 10.3 Å². The van der Waals surface area contributed by atoms with Crippen LogP contribution in [-0.2, 0) is 12.8 Å². The first-order valence-corrected chi connectivity index (χ1v) is 4.84. The van der Waals surface area contributed by atoms with E-state index in [0.29, 0.717) is 5.82 Å². The van der Waals surface area contributed by atoms with Gasteiger partial charge in [-0.3, -0.25) is 0 Å². The maximum atomic E-state index is 5.62. The molecule has 1 aliphatic rings. The van der Waals surface area contributed by atoms with Gasteiger partial charge >= 0.3 is 0 Å². The molecule has 0 saturated carbocycles. The van der Waals surface area contributed by atoms with Gasteiger partial charge in [0.15, 0.2) is 5.82 Å². The Morgan fingerprint density at radius 1 is 1.36 bits per heavy atom. The number of aromatic nitrogens is 1. The molecule has 2 N–H and O–H groups in total. The highest BCUT2D eigenvalue weighted by Gasteiger charge is 2.15. The van der Waals surface area contributed by atoms with Crippen LogP contribution in [0.25, 0.3) is 0 Å². The van der Waals surface area contributed by atoms with E-state index in [1.54, 1.807) is 0 Å². The summed E-state index contributed by atoms with van der Waals surface area (Å²) >= 11 is 1.94. The molecule has 0 saturated heterocycles. The molecule has 0 aromatic carbocycles. The van der Waals surface area contributed by atoms with Crippen LogP contribution in [0.4, 0.5) is 5.82 Å². The maximum Gasteiger partial charge on any atom is 0.170 e. The Balaban J connectivity index is 2.35. The molecule has 3 nitrogen and oxygen atoms in total. The number of nitrogen functional groups attached to an aromatic ring is 1. The number of rotatable bonds is 0. The van der Waals surface area contributed by atoms with E-state index in [0.717, 1.165) is 35.7 Å². The Morgan fingerprint density at radius 2 is 2.18 bits per heavy atom. The average Bonchev–Trinajstić information content (AvgIpc) is 2.25. The largest absolute Gasteiger partial charge is 0.381 e. The Hall–Kier alpha value is -0.640. The lowest BCUT2D eigenvalue weighted by Crippen LogP contribution is -1.93. The highest BCUT2D eigenvalue weighted by Crippen LogP contribution is 2.23. The minimum Gasteiger partial charge on any atom is -0.381 e. The maximum absolute atomic E-state index is 5.62. The van der Waals surface area contributed by atoms with Gasteiger partial charge in [0, 0.05) is 17.7 Å². The molecule has 0 amide bonds. The fourth-order valence-electron chi connectivity index (χ4n) is 1.26. The lowest BCUT2D eigenvalue weighted by Gasteiger charge is -1.92. The molecule has 60 valence electrons. The van der Waals surface area contributed by atoms with Crippen molar-refractivity contribution < 1.29 is 4.52 Å². The van der Waals surface area contributed by atoms with Crippen LogP contribution in [0.15, 0.2) is 4.52 Å². The Labute approximate surface area is 69.3 Å². The summed E-state index contributed by atoms with van der Waals surface area (Å²) < 4.78 is 5.08. The van der Waals surface area contributed by atoms with Gasteiger partial charge in [0.2, 0.25) is 0 Å². The van der Waals surface area contributed by atoms with Crippen molar-refractivity contribution in [3.05, 3.63) is 11.3 Å². The summed E-state index contributed by atoms with van der Waals surface area (Å²) in [6, 6.07) is 0. The zero-order valence-electron chi connectivity index (χ0n) is 6.17. The molecular weight excluding hydrogens is 160 g/mol. The minimum atomic E-state index is 0.586. The van der Waals surface area contributed by atoms with Gasteiger partial charge in [0.25, 0.3) is 0 Å². The van der Waals surface area contributed by atoms with E-state index in [9.17, 15) is 0 Å². The molecule has 0 fully saturated rings. The van der Waals surface area contributed by atoms with E-state index < -0.39 is 0 Å². The third-order valence-corrected chi connectivity index (χ3v) is 2.86. The molecule has 1 aliphatic heterocycles. The number of nitrogens with two attached hydrogens (primary N) is 1. The van der Waals surface area contributed by atoms with Crippen LogP contribution in [0.5, 0.6) is 0 Å². The van der Waals surface area contributed by atoms with E-state index >= 15 is 0 Å². The van der Waals surface area contributed by atoms with Crippen LogP contribution in [0.3, 0.4) is 0 Å². The molecule has 4 heteroatoms. The van der Waals surface area contributed by atoms with Gasteiger partial charge in [-0.1, -0.05) is 5.16 Å². The predicted octanol–water partition coefficient (Wildman–Crippen LogP) is 1.09. The van der Waals surface area contributed by atoms with Crippen molar-refractivity contribution in [2.24, 2.45) is 0 Å². The number of aryl methyl sites for hydroxylation is 1. The third-order valence-electron chi connectivity index (χ3n) is 1.87. The SMILES string of the molecule is Nc1noc2c1CCSCC2. The fraction of sp³-hybridized carbons (Fsp3) is 0.571. The first-order chi connectivity index (χ1) is 5.38. The highest BCUT2D eigenvalue weighted by molar-refractivity contribution is 7.99. The van der Waals surface area contributed by atoms with Crippen LogP contribution in [-0.4, -0.2) is 16.7 Å². The smallest absolute Gasteiger partial charge is 0.170 e. The van der Waals surface area contributed by atoms with Crippen LogP contribution >= 0.6 is 11.8 Å². The molecule has 2 rings (SSSR count). The number of anilines is 1. The Kier molecular flexibility index (Phi) is 1.77. The first kappa shape index (κ1) is 7.03. The van der Waals surface area contributed by atoms with Crippen LogP contribution < -0.4 is 5.73 Å². The Morgan fingerprint density at radius 3 is 3.09 bits per heavy atom. The van der Waals surface area contributed by atoms with Crippen molar-refractivity contribution >= 4 is 17.6 Å². The van der Waals surface area contributed by atoms with E-state index in [1.807, 2.05) is 11.8 Å². The molecule has 2 heterocycles. The summed E-state index contributed by atoms with van der Waals surface area (Å²) in [5, 5.41) is 3.73. The van der Waals surface area contributed by atoms with Crippen LogP contribution in [0.2, 0.25) is 0 Å². The molecule has 11 heavy (non-hydrogen) atoms. The van der Waals surface area contributed by atoms with Gasteiger partial charge in [0.05, 0.1) is 0 Å². The molecule has 0 spiro atoms. The fourth-order valence-corrected chi connectivity index (χ4v) is 2.14. The van der Waals surface area contributed by atoms with Gasteiger partial charge in [0.1, 0.15) is 5.76 Å². The van der Waals surface area contributed by atoms with Gasteiger partial charge in [-0.2, -0.15) is 11.8 Å². The first-order valence-electron chi connectivity index (χ1n) is 3.68. The molecular formula is C7H10N2OS. The molecule has 0 unspecified atom stereocenters.